The number of imide groups is 1. The molecule has 0 radical (unpaired) electrons. The zero-order valence-electron chi connectivity index (χ0n) is 16.0. The summed E-state index contributed by atoms with van der Waals surface area (Å²) < 4.78 is 13.1. The lowest BCUT2D eigenvalue weighted by atomic mass is 9.63. The molecule has 0 unspecified atom stereocenters. The van der Waals surface area contributed by atoms with E-state index in [4.69, 9.17) is 0 Å². The summed E-state index contributed by atoms with van der Waals surface area (Å²) in [5.74, 6) is -0.187. The highest BCUT2D eigenvalue weighted by Gasteiger charge is 2.67. The van der Waals surface area contributed by atoms with Crippen LogP contribution in [0, 0.1) is 41.3 Å². The Morgan fingerprint density at radius 3 is 2.20 bits per heavy atom. The molecule has 3 fully saturated rings. The van der Waals surface area contributed by atoms with Crippen LogP contribution in [0.3, 0.4) is 0 Å². The van der Waals surface area contributed by atoms with E-state index in [0.29, 0.717) is 28.8 Å². The molecule has 6 atom stereocenters. The van der Waals surface area contributed by atoms with Gasteiger partial charge in [-0.15, -0.1) is 0 Å². The van der Waals surface area contributed by atoms with E-state index in [-0.39, 0.29) is 47.2 Å². The lowest BCUT2D eigenvalue weighted by Crippen LogP contribution is -2.40. The molecule has 150 valence electrons. The van der Waals surface area contributed by atoms with Crippen LogP contribution in [0.1, 0.15) is 16.8 Å². The van der Waals surface area contributed by atoms with E-state index in [2.05, 4.69) is 17.5 Å². The van der Waals surface area contributed by atoms with Gasteiger partial charge in [-0.05, 0) is 72.6 Å². The molecule has 2 bridgehead atoms. The fourth-order valence-corrected chi connectivity index (χ4v) is 5.73. The molecule has 1 saturated heterocycles. The minimum Gasteiger partial charge on any atom is -0.322 e. The summed E-state index contributed by atoms with van der Waals surface area (Å²) in [5.41, 5.74) is 1.23. The molecular weight excluding hydrogens is 383 g/mol. The third-order valence-corrected chi connectivity index (χ3v) is 7.13. The fraction of sp³-hybridized carbons (Fsp3) is 0.292. The monoisotopic (exact) mass is 402 g/mol. The molecule has 1 N–H and O–H groups in total. The van der Waals surface area contributed by atoms with Crippen molar-refractivity contribution >= 4 is 29.1 Å². The minimum atomic E-state index is -0.386. The van der Waals surface area contributed by atoms with Crippen molar-refractivity contribution in [3.05, 3.63) is 72.1 Å². The number of amides is 3. The van der Waals surface area contributed by atoms with Gasteiger partial charge >= 0.3 is 0 Å². The van der Waals surface area contributed by atoms with Crippen LogP contribution in [0.5, 0.6) is 0 Å². The smallest absolute Gasteiger partial charge is 0.255 e. The van der Waals surface area contributed by atoms with Gasteiger partial charge in [0.05, 0.1) is 17.5 Å². The second-order valence-electron chi connectivity index (χ2n) is 8.68. The maximum Gasteiger partial charge on any atom is 0.255 e. The molecule has 0 aromatic heterocycles. The SMILES string of the molecule is O=C(Nc1ccc(F)cc1)c1cccc(N2C(=O)[C@@H]3[C@H]4C=C[C@@H]([C@@H]5C[C@H]45)[C@H]3C2=O)c1. The maximum absolute atomic E-state index is 13.2. The molecule has 5 aliphatic rings. The number of rotatable bonds is 3. The first kappa shape index (κ1) is 17.6. The lowest BCUT2D eigenvalue weighted by molar-refractivity contribution is -0.124. The molecule has 1 aliphatic heterocycles. The third kappa shape index (κ3) is 2.43. The molecule has 2 aromatic rings. The van der Waals surface area contributed by atoms with E-state index in [1.807, 2.05) is 0 Å². The summed E-state index contributed by atoms with van der Waals surface area (Å²) in [6.07, 6.45) is 5.40. The van der Waals surface area contributed by atoms with Gasteiger partial charge in [0.25, 0.3) is 5.91 Å². The predicted octanol–water partition coefficient (Wildman–Crippen LogP) is 3.64. The van der Waals surface area contributed by atoms with Gasteiger partial charge in [0.15, 0.2) is 0 Å². The molecule has 2 saturated carbocycles. The summed E-state index contributed by atoms with van der Waals surface area (Å²) in [5, 5.41) is 2.71. The van der Waals surface area contributed by atoms with Gasteiger partial charge in [0.2, 0.25) is 11.8 Å². The second kappa shape index (κ2) is 6.11. The Labute approximate surface area is 172 Å². The summed E-state index contributed by atoms with van der Waals surface area (Å²) >= 11 is 0. The van der Waals surface area contributed by atoms with E-state index < -0.39 is 0 Å². The van der Waals surface area contributed by atoms with E-state index in [0.717, 1.165) is 6.42 Å². The van der Waals surface area contributed by atoms with Crippen molar-refractivity contribution in [2.24, 2.45) is 35.5 Å². The number of halogens is 1. The third-order valence-electron chi connectivity index (χ3n) is 7.13. The molecule has 0 spiro atoms. The van der Waals surface area contributed by atoms with Crippen LogP contribution in [-0.2, 0) is 9.59 Å². The van der Waals surface area contributed by atoms with Crippen LogP contribution in [0.4, 0.5) is 15.8 Å². The van der Waals surface area contributed by atoms with Crippen molar-refractivity contribution < 1.29 is 18.8 Å². The normalized spacial score (nSPS) is 32.8. The summed E-state index contributed by atoms with van der Waals surface area (Å²) in [7, 11) is 0. The first-order valence-electron chi connectivity index (χ1n) is 10.3. The Morgan fingerprint density at radius 2 is 1.57 bits per heavy atom. The molecule has 30 heavy (non-hydrogen) atoms. The molecule has 5 nitrogen and oxygen atoms in total. The lowest BCUT2D eigenvalue weighted by Gasteiger charge is -2.37. The number of hydrogen-bond donors (Lipinski definition) is 1. The van der Waals surface area contributed by atoms with Gasteiger partial charge in [-0.2, -0.15) is 0 Å². The average Bonchev–Trinajstić information content (AvgIpc) is 3.53. The summed E-state index contributed by atoms with van der Waals surface area (Å²) in [4.78, 5) is 40.4. The molecule has 2 aromatic carbocycles. The zero-order valence-corrected chi connectivity index (χ0v) is 16.0. The van der Waals surface area contributed by atoms with Crippen molar-refractivity contribution in [2.45, 2.75) is 6.42 Å². The number of nitrogens with zero attached hydrogens (tertiary/aromatic N) is 1. The van der Waals surface area contributed by atoms with Crippen molar-refractivity contribution in [3.63, 3.8) is 0 Å². The Balaban J connectivity index is 1.28. The van der Waals surface area contributed by atoms with Crippen molar-refractivity contribution in [2.75, 3.05) is 10.2 Å². The van der Waals surface area contributed by atoms with Gasteiger partial charge in [-0.3, -0.25) is 14.4 Å². The predicted molar refractivity (Wildman–Crippen MR) is 108 cm³/mol. The first-order chi connectivity index (χ1) is 14.5. The van der Waals surface area contributed by atoms with Gasteiger partial charge in [-0.1, -0.05) is 18.2 Å². The first-order valence-corrected chi connectivity index (χ1v) is 10.3. The molecule has 7 rings (SSSR count). The van der Waals surface area contributed by atoms with Gasteiger partial charge < -0.3 is 5.32 Å². The number of carbonyl (C=O) groups is 3. The van der Waals surface area contributed by atoms with Crippen molar-refractivity contribution in [3.8, 4) is 0 Å². The van der Waals surface area contributed by atoms with E-state index >= 15 is 0 Å². The van der Waals surface area contributed by atoms with Crippen molar-refractivity contribution in [1.82, 2.24) is 0 Å². The fourth-order valence-electron chi connectivity index (χ4n) is 5.73. The number of hydrogen-bond acceptors (Lipinski definition) is 3. The van der Waals surface area contributed by atoms with Crippen LogP contribution in [0.2, 0.25) is 0 Å². The number of carbonyl (C=O) groups excluding carboxylic acids is 3. The Bertz CT molecular complexity index is 1090. The quantitative estimate of drug-likeness (QED) is 0.630. The Hall–Kier alpha value is -3.28. The number of anilines is 2. The Morgan fingerprint density at radius 1 is 0.933 bits per heavy atom. The van der Waals surface area contributed by atoms with Crippen LogP contribution in [0.25, 0.3) is 0 Å². The van der Waals surface area contributed by atoms with Crippen LogP contribution < -0.4 is 10.2 Å². The van der Waals surface area contributed by atoms with E-state index in [1.54, 1.807) is 24.3 Å². The standard InChI is InChI=1S/C24H19FN2O3/c25-13-4-6-14(7-5-13)26-22(28)12-2-1-3-15(10-12)27-23(29)20-16-8-9-17(19-11-18(16)19)21(20)24(27)30/h1-10,16-21H,11H2,(H,26,28)/t16-,17-,18-,19+,20+,21+/m0/s1. The van der Waals surface area contributed by atoms with Crippen LogP contribution in [-0.4, -0.2) is 17.7 Å². The zero-order chi connectivity index (χ0) is 20.6. The van der Waals surface area contributed by atoms with E-state index in [1.165, 1.54) is 29.2 Å². The van der Waals surface area contributed by atoms with Crippen molar-refractivity contribution in [1.29, 1.82) is 0 Å². The Kier molecular flexibility index (Phi) is 3.58. The average molecular weight is 402 g/mol. The number of allylic oxidation sites excluding steroid dienone is 2. The van der Waals surface area contributed by atoms with Gasteiger partial charge in [-0.25, -0.2) is 9.29 Å². The highest BCUT2D eigenvalue weighted by atomic mass is 19.1. The molecule has 4 aliphatic carbocycles. The maximum atomic E-state index is 13.2. The number of nitrogens with one attached hydrogen (secondary N) is 1. The summed E-state index contributed by atoms with van der Waals surface area (Å²) in [6.45, 7) is 0. The molecule has 3 amide bonds. The van der Waals surface area contributed by atoms with E-state index in [9.17, 15) is 18.8 Å². The molecular formula is C24H19FN2O3. The van der Waals surface area contributed by atoms with Gasteiger partial charge in [0.1, 0.15) is 5.82 Å². The van der Waals surface area contributed by atoms with Crippen LogP contribution in [0.15, 0.2) is 60.7 Å². The second-order valence-corrected chi connectivity index (χ2v) is 8.68. The molecule has 6 heteroatoms. The van der Waals surface area contributed by atoms with Crippen LogP contribution >= 0.6 is 0 Å². The largest absolute Gasteiger partial charge is 0.322 e. The highest BCUT2D eigenvalue weighted by Crippen LogP contribution is 2.65. The summed E-state index contributed by atoms with van der Waals surface area (Å²) in [6, 6.07) is 12.0. The minimum absolute atomic E-state index is 0.147. The molecule has 1 heterocycles. The topological polar surface area (TPSA) is 66.5 Å². The highest BCUT2D eigenvalue weighted by molar-refractivity contribution is 6.23. The number of benzene rings is 2. The van der Waals surface area contributed by atoms with Gasteiger partial charge in [0, 0.05) is 11.3 Å².